The van der Waals surface area contributed by atoms with Gasteiger partial charge in [0.15, 0.2) is 14.6 Å². The maximum absolute atomic E-state index is 13.0. The molecule has 4 rings (SSSR count). The number of hydrogen-bond acceptors (Lipinski definition) is 7. The number of carbonyl (C=O) groups excluding carboxylic acids is 1. The normalized spacial score (nSPS) is 16.7. The molecule has 182 valence electrons. The van der Waals surface area contributed by atoms with E-state index >= 15 is 0 Å². The van der Waals surface area contributed by atoms with Crippen molar-refractivity contribution in [2.24, 2.45) is 18.0 Å². The highest BCUT2D eigenvalue weighted by Crippen LogP contribution is 2.26. The zero-order valence-electron chi connectivity index (χ0n) is 19.0. The van der Waals surface area contributed by atoms with Crippen LogP contribution in [0.25, 0.3) is 10.2 Å². The number of hydrogen-bond donors (Lipinski definition) is 0. The first-order chi connectivity index (χ1) is 16.0. The molecule has 1 saturated heterocycles. The number of sulfone groups is 1. The summed E-state index contributed by atoms with van der Waals surface area (Å²) in [6.45, 7) is 0.320. The molecule has 1 aliphatic heterocycles. The van der Waals surface area contributed by atoms with Gasteiger partial charge in [-0.25, -0.2) is 16.8 Å². The van der Waals surface area contributed by atoms with Gasteiger partial charge in [-0.3, -0.25) is 4.79 Å². The Morgan fingerprint density at radius 3 is 2.38 bits per heavy atom. The van der Waals surface area contributed by atoms with Gasteiger partial charge in [-0.15, -0.1) is 0 Å². The zero-order chi connectivity index (χ0) is 24.7. The van der Waals surface area contributed by atoms with Crippen molar-refractivity contribution in [1.82, 2.24) is 8.87 Å². The number of aryl methyl sites for hydroxylation is 1. The third-order valence-corrected chi connectivity index (χ3v) is 10.00. The molecular weight excluding hydrogens is 498 g/mol. The number of amides is 1. The minimum atomic E-state index is -3.87. The Kier molecular flexibility index (Phi) is 6.69. The molecule has 1 aliphatic rings. The summed E-state index contributed by atoms with van der Waals surface area (Å²) >= 11 is 1.39. The van der Waals surface area contributed by atoms with E-state index < -0.39 is 19.9 Å². The molecule has 1 aromatic heterocycles. The van der Waals surface area contributed by atoms with Crippen LogP contribution in [0.3, 0.4) is 0 Å². The molecule has 0 atom stereocenters. The predicted octanol–water partition coefficient (Wildman–Crippen LogP) is 2.18. The van der Waals surface area contributed by atoms with Crippen molar-refractivity contribution < 1.29 is 26.4 Å². The highest BCUT2D eigenvalue weighted by atomic mass is 32.2. The number of aromatic nitrogens is 1. The molecule has 0 aliphatic carbocycles. The van der Waals surface area contributed by atoms with Crippen molar-refractivity contribution in [3.05, 3.63) is 47.3 Å². The van der Waals surface area contributed by atoms with E-state index in [1.54, 1.807) is 7.11 Å². The lowest BCUT2D eigenvalue weighted by molar-refractivity contribution is -0.122. The van der Waals surface area contributed by atoms with Gasteiger partial charge in [0, 0.05) is 32.3 Å². The van der Waals surface area contributed by atoms with Gasteiger partial charge < -0.3 is 9.30 Å². The van der Waals surface area contributed by atoms with E-state index in [1.807, 2.05) is 29.8 Å². The highest BCUT2D eigenvalue weighted by Gasteiger charge is 2.32. The molecule has 0 bridgehead atoms. The van der Waals surface area contributed by atoms with E-state index in [2.05, 4.69) is 4.99 Å². The predicted molar refractivity (Wildman–Crippen MR) is 129 cm³/mol. The molecule has 34 heavy (non-hydrogen) atoms. The van der Waals surface area contributed by atoms with Crippen LogP contribution in [0.1, 0.15) is 12.8 Å². The van der Waals surface area contributed by atoms with Crippen LogP contribution in [0.2, 0.25) is 0 Å². The minimum absolute atomic E-state index is 0.0498. The Morgan fingerprint density at radius 2 is 1.74 bits per heavy atom. The lowest BCUT2D eigenvalue weighted by Crippen LogP contribution is -2.40. The van der Waals surface area contributed by atoms with Gasteiger partial charge in [-0.1, -0.05) is 17.4 Å². The molecule has 12 heteroatoms. The maximum Gasteiger partial charge on any atom is 0.251 e. The minimum Gasteiger partial charge on any atom is -0.497 e. The Labute approximate surface area is 202 Å². The number of carbonyl (C=O) groups is 1. The molecule has 2 heterocycles. The summed E-state index contributed by atoms with van der Waals surface area (Å²) in [5, 5.41) is 0. The average molecular weight is 524 g/mol. The van der Waals surface area contributed by atoms with E-state index in [-0.39, 0.29) is 34.7 Å². The number of fused-ring (bicyclic) bond motifs is 1. The fraction of sp³-hybridized carbons (Fsp3) is 0.364. The lowest BCUT2D eigenvalue weighted by Gasteiger charge is -2.29. The summed E-state index contributed by atoms with van der Waals surface area (Å²) in [6.07, 6.45) is 1.72. The number of rotatable bonds is 5. The summed E-state index contributed by atoms with van der Waals surface area (Å²) in [5.74, 6) is 0.0710. The second-order valence-corrected chi connectivity index (χ2v) is 13.1. The van der Waals surface area contributed by atoms with Crippen LogP contribution in [-0.2, 0) is 31.7 Å². The number of sulfonamides is 1. The van der Waals surface area contributed by atoms with Crippen LogP contribution in [-0.4, -0.2) is 58.1 Å². The first-order valence-corrected chi connectivity index (χ1v) is 14.7. The molecule has 0 spiro atoms. The van der Waals surface area contributed by atoms with Crippen molar-refractivity contribution in [2.75, 3.05) is 26.5 Å². The Bertz CT molecular complexity index is 1530. The molecule has 0 N–H and O–H groups in total. The van der Waals surface area contributed by atoms with Gasteiger partial charge in [0.1, 0.15) is 5.75 Å². The van der Waals surface area contributed by atoms with Crippen molar-refractivity contribution in [3.63, 3.8) is 0 Å². The fourth-order valence-electron chi connectivity index (χ4n) is 3.89. The number of thiazole rings is 1. The molecule has 0 saturated carbocycles. The molecule has 3 aromatic rings. The Morgan fingerprint density at radius 1 is 1.06 bits per heavy atom. The molecule has 2 aromatic carbocycles. The number of benzene rings is 2. The van der Waals surface area contributed by atoms with Crippen LogP contribution in [0.5, 0.6) is 5.75 Å². The topological polar surface area (TPSA) is 115 Å². The number of ether oxygens (including phenoxy) is 1. The standard InChI is InChI=1S/C22H25N3O6S3/c1-24-19-8-7-16(31-2)13-20(19)32-22(24)23-21(26)15-9-11-25(12-10-15)34(29,30)18-6-4-5-17(14-18)33(3,27)28/h4-8,13-15H,9-12H2,1-3H3. The Balaban J connectivity index is 1.50. The van der Waals surface area contributed by atoms with E-state index in [0.717, 1.165) is 22.2 Å². The van der Waals surface area contributed by atoms with Gasteiger partial charge in [-0.2, -0.15) is 9.30 Å². The lowest BCUT2D eigenvalue weighted by atomic mass is 9.98. The molecule has 1 amide bonds. The number of methoxy groups -OCH3 is 1. The Hall–Kier alpha value is -2.54. The average Bonchev–Trinajstić information content (AvgIpc) is 3.12. The van der Waals surface area contributed by atoms with Crippen LogP contribution >= 0.6 is 11.3 Å². The molecule has 1 fully saturated rings. The van der Waals surface area contributed by atoms with E-state index in [4.69, 9.17) is 4.74 Å². The van der Waals surface area contributed by atoms with Crippen LogP contribution in [0, 0.1) is 5.92 Å². The van der Waals surface area contributed by atoms with E-state index in [0.29, 0.717) is 17.6 Å². The SMILES string of the molecule is COc1ccc2c(c1)sc(=NC(=O)C1CCN(S(=O)(=O)c3cccc(S(C)(=O)=O)c3)CC1)n2C. The summed E-state index contributed by atoms with van der Waals surface area (Å²) in [5.41, 5.74) is 0.939. The summed E-state index contributed by atoms with van der Waals surface area (Å²) in [6, 6.07) is 11.0. The summed E-state index contributed by atoms with van der Waals surface area (Å²) < 4.78 is 59.0. The zero-order valence-corrected chi connectivity index (χ0v) is 21.4. The van der Waals surface area contributed by atoms with Crippen LogP contribution < -0.4 is 9.54 Å². The second-order valence-electron chi connectivity index (χ2n) is 8.15. The van der Waals surface area contributed by atoms with Crippen molar-refractivity contribution in [2.45, 2.75) is 22.6 Å². The van der Waals surface area contributed by atoms with Gasteiger partial charge >= 0.3 is 0 Å². The summed E-state index contributed by atoms with van der Waals surface area (Å²) in [4.78, 5) is 17.6. The molecule has 0 unspecified atom stereocenters. The largest absolute Gasteiger partial charge is 0.497 e. The third-order valence-electron chi connectivity index (χ3n) is 5.90. The number of nitrogens with zero attached hydrogens (tertiary/aromatic N) is 3. The highest BCUT2D eigenvalue weighted by molar-refractivity contribution is 7.91. The monoisotopic (exact) mass is 523 g/mol. The van der Waals surface area contributed by atoms with E-state index in [9.17, 15) is 21.6 Å². The van der Waals surface area contributed by atoms with Gasteiger partial charge in [0.25, 0.3) is 5.91 Å². The smallest absolute Gasteiger partial charge is 0.251 e. The van der Waals surface area contributed by atoms with Gasteiger partial charge in [0.2, 0.25) is 10.0 Å². The molecule has 9 nitrogen and oxygen atoms in total. The van der Waals surface area contributed by atoms with Gasteiger partial charge in [-0.05, 0) is 49.2 Å². The fourth-order valence-corrected chi connectivity index (χ4v) is 7.20. The molecule has 0 radical (unpaired) electrons. The van der Waals surface area contributed by atoms with Crippen LogP contribution in [0.15, 0.2) is 57.2 Å². The first-order valence-electron chi connectivity index (χ1n) is 10.5. The van der Waals surface area contributed by atoms with Crippen LogP contribution in [0.4, 0.5) is 0 Å². The quantitative estimate of drug-likeness (QED) is 0.506. The number of piperidine rings is 1. The maximum atomic E-state index is 13.0. The summed E-state index contributed by atoms with van der Waals surface area (Å²) in [7, 11) is -3.96. The van der Waals surface area contributed by atoms with Crippen molar-refractivity contribution in [1.29, 1.82) is 0 Å². The molecular formula is C22H25N3O6S3. The van der Waals surface area contributed by atoms with Gasteiger partial charge in [0.05, 0.1) is 27.1 Å². The second kappa shape index (κ2) is 9.25. The van der Waals surface area contributed by atoms with Crippen molar-refractivity contribution >= 4 is 47.3 Å². The van der Waals surface area contributed by atoms with Crippen molar-refractivity contribution in [3.8, 4) is 5.75 Å². The first kappa shape index (κ1) is 24.6. The van der Waals surface area contributed by atoms with E-state index in [1.165, 1.54) is 39.9 Å². The third kappa shape index (κ3) is 4.81.